The van der Waals surface area contributed by atoms with Crippen LogP contribution in [0.5, 0.6) is 5.75 Å². The van der Waals surface area contributed by atoms with Crippen LogP contribution < -0.4 is 15.4 Å². The molecule has 1 aliphatic carbocycles. The molecule has 2 aromatic rings. The van der Waals surface area contributed by atoms with E-state index < -0.39 is 10.8 Å². The van der Waals surface area contributed by atoms with Gasteiger partial charge in [0.25, 0.3) is 0 Å². The number of nitrogens with zero attached hydrogens (tertiary/aromatic N) is 3. The highest BCUT2D eigenvalue weighted by Gasteiger charge is 2.26. The third kappa shape index (κ3) is 5.82. The molecule has 8 heteroatoms. The van der Waals surface area contributed by atoms with Gasteiger partial charge in [-0.25, -0.2) is 4.68 Å². The van der Waals surface area contributed by atoms with Gasteiger partial charge in [-0.3, -0.25) is 9.20 Å². The molecule has 1 aromatic heterocycles. The molecular weight excluding hydrogens is 386 g/mol. The summed E-state index contributed by atoms with van der Waals surface area (Å²) in [5.74, 6) is 2.32. The number of rotatable bonds is 7. The molecule has 0 bridgehead atoms. The van der Waals surface area contributed by atoms with Crippen molar-refractivity contribution in [3.8, 4) is 11.4 Å². The molecular formula is C21H31N5O2S. The summed E-state index contributed by atoms with van der Waals surface area (Å²) in [4.78, 5) is 4.34. The van der Waals surface area contributed by atoms with Gasteiger partial charge in [-0.2, -0.15) is 5.10 Å². The molecule has 3 rings (SSSR count). The summed E-state index contributed by atoms with van der Waals surface area (Å²) in [5, 5.41) is 11.8. The van der Waals surface area contributed by atoms with Crippen LogP contribution in [0.1, 0.15) is 38.3 Å². The number of ether oxygens (including phenoxy) is 1. The maximum atomic E-state index is 12.2. The highest BCUT2D eigenvalue weighted by Crippen LogP contribution is 2.23. The van der Waals surface area contributed by atoms with Crippen molar-refractivity contribution in [1.82, 2.24) is 20.4 Å². The van der Waals surface area contributed by atoms with Crippen molar-refractivity contribution in [2.45, 2.75) is 50.4 Å². The van der Waals surface area contributed by atoms with Gasteiger partial charge in [0.2, 0.25) is 0 Å². The second kappa shape index (κ2) is 10.4. The molecule has 0 aliphatic heterocycles. The van der Waals surface area contributed by atoms with Crippen LogP contribution in [0.2, 0.25) is 0 Å². The lowest BCUT2D eigenvalue weighted by molar-refractivity contribution is 0.413. The van der Waals surface area contributed by atoms with Crippen molar-refractivity contribution in [1.29, 1.82) is 0 Å². The molecule has 1 aliphatic rings. The molecule has 3 unspecified atom stereocenters. The third-order valence-electron chi connectivity index (χ3n) is 5.27. The van der Waals surface area contributed by atoms with E-state index in [1.165, 1.54) is 0 Å². The zero-order valence-electron chi connectivity index (χ0n) is 17.4. The van der Waals surface area contributed by atoms with Gasteiger partial charge in [0.1, 0.15) is 5.75 Å². The fraction of sp³-hybridized carbons (Fsp3) is 0.524. The van der Waals surface area contributed by atoms with E-state index in [4.69, 9.17) is 4.74 Å². The van der Waals surface area contributed by atoms with Crippen LogP contribution in [0.15, 0.2) is 41.5 Å². The summed E-state index contributed by atoms with van der Waals surface area (Å²) in [6, 6.07) is 10.1. The number of benzene rings is 1. The monoisotopic (exact) mass is 417 g/mol. The number of aromatic nitrogens is 2. The Kier molecular flexibility index (Phi) is 7.69. The van der Waals surface area contributed by atoms with Crippen molar-refractivity contribution < 1.29 is 8.95 Å². The molecule has 0 spiro atoms. The second-order valence-corrected chi connectivity index (χ2v) is 9.18. The predicted molar refractivity (Wildman–Crippen MR) is 118 cm³/mol. The highest BCUT2D eigenvalue weighted by atomic mass is 32.2. The molecule has 1 aromatic carbocycles. The molecule has 1 heterocycles. The smallest absolute Gasteiger partial charge is 0.191 e. The van der Waals surface area contributed by atoms with Gasteiger partial charge in [-0.15, -0.1) is 0 Å². The average molecular weight is 418 g/mol. The maximum Gasteiger partial charge on any atom is 0.191 e. The highest BCUT2D eigenvalue weighted by molar-refractivity contribution is 7.85. The lowest BCUT2D eigenvalue weighted by Crippen LogP contribution is -2.46. The number of nitrogens with one attached hydrogen (secondary N) is 2. The van der Waals surface area contributed by atoms with Gasteiger partial charge in [0.15, 0.2) is 5.96 Å². The quantitative estimate of drug-likeness (QED) is 0.535. The third-order valence-corrected chi connectivity index (χ3v) is 7.01. The van der Waals surface area contributed by atoms with Gasteiger partial charge in [0.05, 0.1) is 25.0 Å². The van der Waals surface area contributed by atoms with Crippen LogP contribution in [0, 0.1) is 0 Å². The minimum absolute atomic E-state index is 0.296. The van der Waals surface area contributed by atoms with E-state index in [0.29, 0.717) is 17.8 Å². The maximum absolute atomic E-state index is 12.2. The number of methoxy groups -OCH3 is 1. The van der Waals surface area contributed by atoms with E-state index in [-0.39, 0.29) is 0 Å². The Morgan fingerprint density at radius 1 is 1.31 bits per heavy atom. The summed E-state index contributed by atoms with van der Waals surface area (Å²) >= 11 is 0. The summed E-state index contributed by atoms with van der Waals surface area (Å²) in [5.41, 5.74) is 1.91. The zero-order valence-corrected chi connectivity index (χ0v) is 18.2. The molecule has 1 saturated carbocycles. The Balaban J connectivity index is 1.53. The summed E-state index contributed by atoms with van der Waals surface area (Å²) in [7, 11) is 2.71. The lowest BCUT2D eigenvalue weighted by Gasteiger charge is -2.30. The lowest BCUT2D eigenvalue weighted by atomic mass is 9.95. The van der Waals surface area contributed by atoms with Gasteiger partial charge in [-0.1, -0.05) is 13.3 Å². The fourth-order valence-corrected chi connectivity index (χ4v) is 5.00. The zero-order chi connectivity index (χ0) is 20.6. The average Bonchev–Trinajstić information content (AvgIpc) is 3.25. The number of hydrogen-bond acceptors (Lipinski definition) is 4. The molecule has 2 N–H and O–H groups in total. The molecule has 7 nitrogen and oxygen atoms in total. The molecule has 29 heavy (non-hydrogen) atoms. The minimum Gasteiger partial charge on any atom is -0.497 e. The summed E-state index contributed by atoms with van der Waals surface area (Å²) in [6.07, 6.45) is 6.14. The van der Waals surface area contributed by atoms with Crippen LogP contribution in [-0.4, -0.2) is 51.2 Å². The van der Waals surface area contributed by atoms with E-state index in [2.05, 4.69) is 20.7 Å². The number of hydrogen-bond donors (Lipinski definition) is 2. The standard InChI is InChI=1S/C21H31N5O2S/c1-4-29(27)20-7-5-6-16(14-20)24-21(22-2)23-15-17-12-13-26(25-17)18-8-10-19(28-3)11-9-18/h8-13,16,20H,4-7,14-15H2,1-3H3,(H2,22,23,24). The largest absolute Gasteiger partial charge is 0.497 e. The first kappa shape index (κ1) is 21.4. The minimum atomic E-state index is -0.723. The Labute approximate surface area is 175 Å². The van der Waals surface area contributed by atoms with Crippen molar-refractivity contribution in [2.75, 3.05) is 19.9 Å². The molecule has 1 fully saturated rings. The van der Waals surface area contributed by atoms with Crippen LogP contribution in [0.3, 0.4) is 0 Å². The van der Waals surface area contributed by atoms with Crippen LogP contribution in [-0.2, 0) is 17.3 Å². The first-order valence-electron chi connectivity index (χ1n) is 10.2. The Hall–Kier alpha value is -2.35. The van der Waals surface area contributed by atoms with Gasteiger partial charge < -0.3 is 15.4 Å². The van der Waals surface area contributed by atoms with Crippen molar-refractivity contribution in [2.24, 2.45) is 4.99 Å². The predicted octanol–water partition coefficient (Wildman–Crippen LogP) is 2.63. The molecule has 0 radical (unpaired) electrons. The van der Waals surface area contributed by atoms with E-state index in [1.807, 2.05) is 48.1 Å². The van der Waals surface area contributed by atoms with Gasteiger partial charge in [-0.05, 0) is 49.6 Å². The van der Waals surface area contributed by atoms with E-state index in [1.54, 1.807) is 14.2 Å². The van der Waals surface area contributed by atoms with Crippen LogP contribution >= 0.6 is 0 Å². The van der Waals surface area contributed by atoms with E-state index in [0.717, 1.165) is 54.5 Å². The Morgan fingerprint density at radius 3 is 2.79 bits per heavy atom. The number of aliphatic imine (C=N–C) groups is 1. The molecule has 0 amide bonds. The first-order chi connectivity index (χ1) is 14.1. The van der Waals surface area contributed by atoms with Crippen molar-refractivity contribution in [3.63, 3.8) is 0 Å². The summed E-state index contributed by atoms with van der Waals surface area (Å²) < 4.78 is 19.2. The van der Waals surface area contributed by atoms with Crippen molar-refractivity contribution >= 4 is 16.8 Å². The topological polar surface area (TPSA) is 80.5 Å². The van der Waals surface area contributed by atoms with E-state index in [9.17, 15) is 4.21 Å². The van der Waals surface area contributed by atoms with Crippen LogP contribution in [0.4, 0.5) is 0 Å². The normalized spacial score (nSPS) is 20.9. The second-order valence-electron chi connectivity index (χ2n) is 7.17. The van der Waals surface area contributed by atoms with Crippen molar-refractivity contribution in [3.05, 3.63) is 42.2 Å². The Bertz CT molecular complexity index is 834. The fourth-order valence-electron chi connectivity index (χ4n) is 3.65. The SMILES string of the molecule is CCS(=O)C1CCCC(NC(=NC)NCc2ccn(-c3ccc(OC)cc3)n2)C1. The van der Waals surface area contributed by atoms with Gasteiger partial charge in [0, 0.05) is 41.1 Å². The Morgan fingerprint density at radius 2 is 2.10 bits per heavy atom. The van der Waals surface area contributed by atoms with E-state index >= 15 is 0 Å². The first-order valence-corrected chi connectivity index (χ1v) is 11.5. The molecule has 158 valence electrons. The molecule has 3 atom stereocenters. The van der Waals surface area contributed by atoms with Crippen LogP contribution in [0.25, 0.3) is 5.69 Å². The molecule has 0 saturated heterocycles. The van der Waals surface area contributed by atoms with Gasteiger partial charge >= 0.3 is 0 Å². The number of guanidine groups is 1. The summed E-state index contributed by atoms with van der Waals surface area (Å²) in [6.45, 7) is 2.58.